The smallest absolute Gasteiger partial charge is 0.225 e. The summed E-state index contributed by atoms with van der Waals surface area (Å²) in [4.78, 5) is 13.4. The fourth-order valence-electron chi connectivity index (χ4n) is 2.22. The van der Waals surface area contributed by atoms with Gasteiger partial charge in [0.2, 0.25) is 5.91 Å². The van der Waals surface area contributed by atoms with Crippen molar-refractivity contribution < 1.29 is 9.90 Å². The van der Waals surface area contributed by atoms with Crippen LogP contribution in [0.3, 0.4) is 0 Å². The number of carbonyl (C=O) groups excluding carboxylic acids is 1. The summed E-state index contributed by atoms with van der Waals surface area (Å²) in [6, 6.07) is 0.228. The highest BCUT2D eigenvalue weighted by Gasteiger charge is 2.39. The molecule has 1 aliphatic rings. The number of likely N-dealkylation sites (tertiary alicyclic amines) is 1. The van der Waals surface area contributed by atoms with Gasteiger partial charge in [0.15, 0.2) is 0 Å². The molecule has 82 valence electrons. The third-order valence-electron chi connectivity index (χ3n) is 2.74. The molecule has 3 heteroatoms. The van der Waals surface area contributed by atoms with Gasteiger partial charge in [-0.1, -0.05) is 13.8 Å². The molecule has 0 radical (unpaired) electrons. The fourth-order valence-corrected chi connectivity index (χ4v) is 2.22. The number of rotatable bonds is 3. The zero-order valence-corrected chi connectivity index (χ0v) is 9.53. The molecule has 0 aromatic carbocycles. The van der Waals surface area contributed by atoms with Crippen LogP contribution in [-0.4, -0.2) is 34.1 Å². The Hall–Kier alpha value is -0.570. The lowest BCUT2D eigenvalue weighted by Crippen LogP contribution is -2.42. The van der Waals surface area contributed by atoms with Crippen LogP contribution in [0.1, 0.15) is 40.5 Å². The Morgan fingerprint density at radius 3 is 2.43 bits per heavy atom. The quantitative estimate of drug-likeness (QED) is 0.746. The molecule has 1 rings (SSSR count). The summed E-state index contributed by atoms with van der Waals surface area (Å²) in [5.41, 5.74) is 0. The highest BCUT2D eigenvalue weighted by molar-refractivity contribution is 5.80. The summed E-state index contributed by atoms with van der Waals surface area (Å²) in [5, 5.41) is 9.77. The van der Waals surface area contributed by atoms with Crippen LogP contribution < -0.4 is 0 Å². The second-order valence-corrected chi connectivity index (χ2v) is 4.86. The predicted octanol–water partition coefficient (Wildman–Crippen LogP) is 1.40. The second-order valence-electron chi connectivity index (χ2n) is 4.86. The molecule has 2 atom stereocenters. The first-order valence-corrected chi connectivity index (χ1v) is 5.42. The normalized spacial score (nSPS) is 28.2. The molecule has 0 aromatic rings. The molecule has 14 heavy (non-hydrogen) atoms. The summed E-state index contributed by atoms with van der Waals surface area (Å²) in [7, 11) is 0. The van der Waals surface area contributed by atoms with Gasteiger partial charge >= 0.3 is 0 Å². The SMILES string of the molecule is CC(C)C[C@H]1[C@@H](O)CC(=O)N1C(C)C. The maximum Gasteiger partial charge on any atom is 0.225 e. The van der Waals surface area contributed by atoms with Crippen molar-refractivity contribution in [3.05, 3.63) is 0 Å². The Bertz CT molecular complexity index is 213. The molecular formula is C11H21NO2. The molecule has 0 aromatic heterocycles. The monoisotopic (exact) mass is 199 g/mol. The third-order valence-corrected chi connectivity index (χ3v) is 2.74. The van der Waals surface area contributed by atoms with Gasteiger partial charge in [-0.25, -0.2) is 0 Å². The van der Waals surface area contributed by atoms with Crippen molar-refractivity contribution in [2.45, 2.75) is 58.7 Å². The van der Waals surface area contributed by atoms with E-state index in [-0.39, 0.29) is 18.0 Å². The number of nitrogens with zero attached hydrogens (tertiary/aromatic N) is 1. The van der Waals surface area contributed by atoms with Crippen molar-refractivity contribution in [3.8, 4) is 0 Å². The molecule has 0 spiro atoms. The van der Waals surface area contributed by atoms with Crippen LogP contribution in [0.15, 0.2) is 0 Å². The van der Waals surface area contributed by atoms with E-state index in [1.165, 1.54) is 0 Å². The molecule has 1 N–H and O–H groups in total. The van der Waals surface area contributed by atoms with Gasteiger partial charge in [-0.05, 0) is 26.2 Å². The molecule has 1 aliphatic heterocycles. The summed E-state index contributed by atoms with van der Waals surface area (Å²) < 4.78 is 0. The minimum absolute atomic E-state index is 0.0301. The van der Waals surface area contributed by atoms with Gasteiger partial charge in [-0.2, -0.15) is 0 Å². The van der Waals surface area contributed by atoms with E-state index in [0.29, 0.717) is 12.3 Å². The number of aliphatic hydroxyl groups excluding tert-OH is 1. The summed E-state index contributed by atoms with van der Waals surface area (Å²) in [5.74, 6) is 0.611. The Balaban J connectivity index is 2.73. The van der Waals surface area contributed by atoms with Gasteiger partial charge in [0.1, 0.15) is 0 Å². The maximum atomic E-state index is 11.6. The first-order chi connectivity index (χ1) is 6.43. The fraction of sp³-hybridized carbons (Fsp3) is 0.909. The minimum Gasteiger partial charge on any atom is -0.390 e. The number of aliphatic hydroxyl groups is 1. The van der Waals surface area contributed by atoms with Crippen LogP contribution >= 0.6 is 0 Å². The van der Waals surface area contributed by atoms with Gasteiger partial charge in [0, 0.05) is 6.04 Å². The van der Waals surface area contributed by atoms with Crippen LogP contribution in [0.4, 0.5) is 0 Å². The molecule has 0 saturated carbocycles. The van der Waals surface area contributed by atoms with E-state index in [9.17, 15) is 9.90 Å². The molecule has 1 amide bonds. The topological polar surface area (TPSA) is 40.5 Å². The van der Waals surface area contributed by atoms with Crippen molar-refractivity contribution in [1.82, 2.24) is 4.90 Å². The van der Waals surface area contributed by atoms with Gasteiger partial charge in [-0.3, -0.25) is 4.79 Å². The van der Waals surface area contributed by atoms with Gasteiger partial charge in [-0.15, -0.1) is 0 Å². The lowest BCUT2D eigenvalue weighted by Gasteiger charge is -2.31. The van der Waals surface area contributed by atoms with Crippen LogP contribution in [0.2, 0.25) is 0 Å². The molecule has 1 fully saturated rings. The highest BCUT2D eigenvalue weighted by atomic mass is 16.3. The molecule has 0 unspecified atom stereocenters. The largest absolute Gasteiger partial charge is 0.390 e. The molecule has 0 aliphatic carbocycles. The molecule has 0 bridgehead atoms. The molecule has 3 nitrogen and oxygen atoms in total. The Morgan fingerprint density at radius 1 is 1.43 bits per heavy atom. The maximum absolute atomic E-state index is 11.6. The van der Waals surface area contributed by atoms with Crippen molar-refractivity contribution >= 4 is 5.91 Å². The van der Waals surface area contributed by atoms with E-state index in [1.54, 1.807) is 0 Å². The zero-order chi connectivity index (χ0) is 10.9. The van der Waals surface area contributed by atoms with Crippen molar-refractivity contribution in [2.75, 3.05) is 0 Å². The average molecular weight is 199 g/mol. The average Bonchev–Trinajstić information content (AvgIpc) is 2.25. The van der Waals surface area contributed by atoms with Gasteiger partial charge in [0.05, 0.1) is 18.6 Å². The number of hydrogen-bond acceptors (Lipinski definition) is 2. The molecule has 1 heterocycles. The third kappa shape index (κ3) is 2.27. The lowest BCUT2D eigenvalue weighted by molar-refractivity contribution is -0.130. The van der Waals surface area contributed by atoms with E-state index in [1.807, 2.05) is 18.7 Å². The van der Waals surface area contributed by atoms with E-state index >= 15 is 0 Å². The van der Waals surface area contributed by atoms with Crippen molar-refractivity contribution in [3.63, 3.8) is 0 Å². The zero-order valence-electron chi connectivity index (χ0n) is 9.53. The number of hydrogen-bond donors (Lipinski definition) is 1. The first kappa shape index (κ1) is 11.5. The van der Waals surface area contributed by atoms with Crippen LogP contribution in [0.5, 0.6) is 0 Å². The Labute approximate surface area is 86.1 Å². The van der Waals surface area contributed by atoms with Gasteiger partial charge < -0.3 is 10.0 Å². The number of carbonyl (C=O) groups is 1. The molecular weight excluding hydrogens is 178 g/mol. The van der Waals surface area contributed by atoms with Crippen LogP contribution in [0, 0.1) is 5.92 Å². The first-order valence-electron chi connectivity index (χ1n) is 5.42. The van der Waals surface area contributed by atoms with Crippen LogP contribution in [-0.2, 0) is 4.79 Å². The Morgan fingerprint density at radius 2 is 2.00 bits per heavy atom. The number of amides is 1. The minimum atomic E-state index is -0.465. The van der Waals surface area contributed by atoms with E-state index in [2.05, 4.69) is 13.8 Å². The van der Waals surface area contributed by atoms with Crippen LogP contribution in [0.25, 0.3) is 0 Å². The van der Waals surface area contributed by atoms with Crippen molar-refractivity contribution in [2.24, 2.45) is 5.92 Å². The lowest BCUT2D eigenvalue weighted by atomic mass is 9.99. The summed E-state index contributed by atoms with van der Waals surface area (Å²) >= 11 is 0. The van der Waals surface area contributed by atoms with E-state index in [0.717, 1.165) is 6.42 Å². The predicted molar refractivity (Wildman–Crippen MR) is 55.8 cm³/mol. The summed E-state index contributed by atoms with van der Waals surface area (Å²) in [6.07, 6.45) is 0.730. The van der Waals surface area contributed by atoms with E-state index in [4.69, 9.17) is 0 Å². The summed E-state index contributed by atoms with van der Waals surface area (Å²) in [6.45, 7) is 8.24. The molecule has 1 saturated heterocycles. The second kappa shape index (κ2) is 4.30. The van der Waals surface area contributed by atoms with Crippen molar-refractivity contribution in [1.29, 1.82) is 0 Å². The highest BCUT2D eigenvalue weighted by Crippen LogP contribution is 2.26. The Kier molecular flexibility index (Phi) is 3.53. The van der Waals surface area contributed by atoms with E-state index < -0.39 is 6.10 Å². The standard InChI is InChI=1S/C11H21NO2/c1-7(2)5-9-10(13)6-11(14)12(9)8(3)4/h7-10,13H,5-6H2,1-4H3/t9-,10-/m0/s1. The van der Waals surface area contributed by atoms with Gasteiger partial charge in [0.25, 0.3) is 0 Å².